The van der Waals surface area contributed by atoms with Crippen LogP contribution in [0.5, 0.6) is 5.75 Å². The third-order valence-corrected chi connectivity index (χ3v) is 3.94. The van der Waals surface area contributed by atoms with Crippen molar-refractivity contribution in [2.75, 3.05) is 13.7 Å². The van der Waals surface area contributed by atoms with Gasteiger partial charge in [0.2, 0.25) is 0 Å². The lowest BCUT2D eigenvalue weighted by Gasteiger charge is -2.24. The average Bonchev–Trinajstić information content (AvgIpc) is 2.91. The van der Waals surface area contributed by atoms with Gasteiger partial charge in [-0.25, -0.2) is 0 Å². The van der Waals surface area contributed by atoms with Gasteiger partial charge in [0, 0.05) is 23.7 Å². The summed E-state index contributed by atoms with van der Waals surface area (Å²) in [7, 11) is 1.73. The highest BCUT2D eigenvalue weighted by Crippen LogP contribution is 2.25. The standard InChI is InChI=1S/C16H26N2O/c1-12(11-14-7-6-10-17-14)18-13(2)15-8-4-5-9-16(15)19-3/h4-5,8-9,12-14,17-18H,6-7,10-11H2,1-3H3. The fourth-order valence-corrected chi connectivity index (χ4v) is 2.99. The minimum Gasteiger partial charge on any atom is -0.496 e. The van der Waals surface area contributed by atoms with Gasteiger partial charge >= 0.3 is 0 Å². The minimum absolute atomic E-state index is 0.313. The van der Waals surface area contributed by atoms with Crippen LogP contribution in [-0.2, 0) is 0 Å². The van der Waals surface area contributed by atoms with Crippen molar-refractivity contribution in [1.82, 2.24) is 10.6 Å². The summed E-state index contributed by atoms with van der Waals surface area (Å²) < 4.78 is 5.43. The monoisotopic (exact) mass is 262 g/mol. The molecule has 106 valence electrons. The first kappa shape index (κ1) is 14.4. The zero-order chi connectivity index (χ0) is 13.7. The second kappa shape index (κ2) is 6.92. The van der Waals surface area contributed by atoms with Gasteiger partial charge in [-0.05, 0) is 45.7 Å². The van der Waals surface area contributed by atoms with E-state index < -0.39 is 0 Å². The maximum absolute atomic E-state index is 5.43. The molecular formula is C16H26N2O. The summed E-state index contributed by atoms with van der Waals surface area (Å²) in [6.07, 6.45) is 3.83. The van der Waals surface area contributed by atoms with Crippen molar-refractivity contribution in [3.05, 3.63) is 29.8 Å². The minimum atomic E-state index is 0.313. The van der Waals surface area contributed by atoms with E-state index in [1.54, 1.807) is 7.11 Å². The molecule has 3 nitrogen and oxygen atoms in total. The molecule has 1 heterocycles. The number of benzene rings is 1. The molecule has 0 spiro atoms. The Bertz CT molecular complexity index is 388. The summed E-state index contributed by atoms with van der Waals surface area (Å²) in [6.45, 7) is 5.65. The first-order valence-electron chi connectivity index (χ1n) is 7.33. The zero-order valence-corrected chi connectivity index (χ0v) is 12.3. The van der Waals surface area contributed by atoms with E-state index in [0.29, 0.717) is 18.1 Å². The first-order valence-corrected chi connectivity index (χ1v) is 7.33. The fraction of sp³-hybridized carbons (Fsp3) is 0.625. The van der Waals surface area contributed by atoms with Gasteiger partial charge in [-0.2, -0.15) is 0 Å². The lowest BCUT2D eigenvalue weighted by Crippen LogP contribution is -2.35. The Kier molecular flexibility index (Phi) is 5.23. The quantitative estimate of drug-likeness (QED) is 0.827. The van der Waals surface area contributed by atoms with Gasteiger partial charge in [-0.15, -0.1) is 0 Å². The van der Waals surface area contributed by atoms with Crippen LogP contribution in [0.3, 0.4) is 0 Å². The maximum Gasteiger partial charge on any atom is 0.123 e. The van der Waals surface area contributed by atoms with Crippen LogP contribution >= 0.6 is 0 Å². The van der Waals surface area contributed by atoms with E-state index in [1.807, 2.05) is 12.1 Å². The van der Waals surface area contributed by atoms with Gasteiger partial charge in [0.05, 0.1) is 7.11 Å². The van der Waals surface area contributed by atoms with E-state index in [4.69, 9.17) is 4.74 Å². The molecule has 0 radical (unpaired) electrons. The summed E-state index contributed by atoms with van der Waals surface area (Å²) >= 11 is 0. The summed E-state index contributed by atoms with van der Waals surface area (Å²) in [5, 5.41) is 7.24. The number of hydrogen-bond donors (Lipinski definition) is 2. The second-order valence-electron chi connectivity index (χ2n) is 5.56. The number of hydrogen-bond acceptors (Lipinski definition) is 3. The Hall–Kier alpha value is -1.06. The molecular weight excluding hydrogens is 236 g/mol. The number of methoxy groups -OCH3 is 1. The normalized spacial score (nSPS) is 22.2. The van der Waals surface area contributed by atoms with Gasteiger partial charge in [0.1, 0.15) is 5.75 Å². The molecule has 3 atom stereocenters. The van der Waals surface area contributed by atoms with Crippen LogP contribution in [0.2, 0.25) is 0 Å². The molecule has 2 N–H and O–H groups in total. The Labute approximate surface area is 116 Å². The van der Waals surface area contributed by atoms with Gasteiger partial charge in [0.25, 0.3) is 0 Å². The number of rotatable bonds is 6. The molecule has 0 saturated carbocycles. The molecule has 1 saturated heterocycles. The third kappa shape index (κ3) is 3.95. The van der Waals surface area contributed by atoms with Crippen molar-refractivity contribution >= 4 is 0 Å². The highest BCUT2D eigenvalue weighted by atomic mass is 16.5. The molecule has 2 rings (SSSR count). The van der Waals surface area contributed by atoms with E-state index in [2.05, 4.69) is 36.6 Å². The lowest BCUT2D eigenvalue weighted by atomic mass is 10.0. The fourth-order valence-electron chi connectivity index (χ4n) is 2.99. The average molecular weight is 262 g/mol. The maximum atomic E-state index is 5.43. The summed E-state index contributed by atoms with van der Waals surface area (Å²) in [5.74, 6) is 0.966. The second-order valence-corrected chi connectivity index (χ2v) is 5.56. The van der Waals surface area contributed by atoms with Gasteiger partial charge < -0.3 is 15.4 Å². The smallest absolute Gasteiger partial charge is 0.123 e. The lowest BCUT2D eigenvalue weighted by molar-refractivity contribution is 0.381. The van der Waals surface area contributed by atoms with Crippen LogP contribution in [0.1, 0.15) is 44.7 Å². The molecule has 0 amide bonds. The van der Waals surface area contributed by atoms with Crippen LogP contribution in [0, 0.1) is 0 Å². The molecule has 0 aliphatic carbocycles. The highest BCUT2D eigenvalue weighted by Gasteiger charge is 2.19. The van der Waals surface area contributed by atoms with Gasteiger partial charge in [-0.1, -0.05) is 18.2 Å². The Morgan fingerprint density at radius 3 is 2.84 bits per heavy atom. The Morgan fingerprint density at radius 1 is 1.37 bits per heavy atom. The predicted molar refractivity (Wildman–Crippen MR) is 79.6 cm³/mol. The van der Waals surface area contributed by atoms with E-state index in [1.165, 1.54) is 31.4 Å². The molecule has 1 aromatic carbocycles. The SMILES string of the molecule is COc1ccccc1C(C)NC(C)CC1CCCN1. The van der Waals surface area contributed by atoms with Crippen molar-refractivity contribution in [2.45, 2.75) is 51.2 Å². The third-order valence-electron chi connectivity index (χ3n) is 3.94. The summed E-state index contributed by atoms with van der Waals surface area (Å²) in [6, 6.07) is 9.75. The Balaban J connectivity index is 1.90. The first-order chi connectivity index (χ1) is 9.20. The Morgan fingerprint density at radius 2 is 2.16 bits per heavy atom. The predicted octanol–water partition coefficient (Wildman–Crippen LogP) is 2.88. The topological polar surface area (TPSA) is 33.3 Å². The molecule has 1 aliphatic rings. The molecule has 1 aliphatic heterocycles. The summed E-state index contributed by atoms with van der Waals surface area (Å²) in [4.78, 5) is 0. The molecule has 1 fully saturated rings. The zero-order valence-electron chi connectivity index (χ0n) is 12.3. The summed E-state index contributed by atoms with van der Waals surface area (Å²) in [5.41, 5.74) is 1.23. The van der Waals surface area contributed by atoms with E-state index in [0.717, 1.165) is 5.75 Å². The molecule has 0 aromatic heterocycles. The van der Waals surface area contributed by atoms with Crippen molar-refractivity contribution in [3.63, 3.8) is 0 Å². The largest absolute Gasteiger partial charge is 0.496 e. The van der Waals surface area contributed by atoms with Gasteiger partial charge in [-0.3, -0.25) is 0 Å². The number of para-hydroxylation sites is 1. The van der Waals surface area contributed by atoms with Crippen LogP contribution in [0.25, 0.3) is 0 Å². The van der Waals surface area contributed by atoms with Crippen molar-refractivity contribution in [2.24, 2.45) is 0 Å². The van der Waals surface area contributed by atoms with E-state index in [9.17, 15) is 0 Å². The molecule has 1 aromatic rings. The molecule has 19 heavy (non-hydrogen) atoms. The number of nitrogens with one attached hydrogen (secondary N) is 2. The van der Waals surface area contributed by atoms with Crippen LogP contribution in [-0.4, -0.2) is 25.7 Å². The van der Waals surface area contributed by atoms with E-state index in [-0.39, 0.29) is 0 Å². The molecule has 0 bridgehead atoms. The van der Waals surface area contributed by atoms with Crippen molar-refractivity contribution in [3.8, 4) is 5.75 Å². The highest BCUT2D eigenvalue weighted by molar-refractivity contribution is 5.35. The van der Waals surface area contributed by atoms with Crippen molar-refractivity contribution < 1.29 is 4.74 Å². The molecule has 3 heteroatoms. The van der Waals surface area contributed by atoms with E-state index >= 15 is 0 Å². The van der Waals surface area contributed by atoms with Crippen molar-refractivity contribution in [1.29, 1.82) is 0 Å². The van der Waals surface area contributed by atoms with Crippen LogP contribution < -0.4 is 15.4 Å². The van der Waals surface area contributed by atoms with Crippen LogP contribution in [0.4, 0.5) is 0 Å². The number of ether oxygens (including phenoxy) is 1. The molecule has 3 unspecified atom stereocenters. The van der Waals surface area contributed by atoms with Crippen LogP contribution in [0.15, 0.2) is 24.3 Å². The van der Waals surface area contributed by atoms with Gasteiger partial charge in [0.15, 0.2) is 0 Å².